The standard InChI is InChI=1S/C14H21N3O3S/c1-9(2)11-7-16-14(21-8-12(18)19)17(11)6-5-15-13(20)10-3-4-10/h7,9-10H,3-6,8H2,1-2H3,(H,15,20)(H,18,19). The summed E-state index contributed by atoms with van der Waals surface area (Å²) in [5, 5.41) is 12.4. The first kappa shape index (κ1) is 15.9. The maximum Gasteiger partial charge on any atom is 0.313 e. The minimum atomic E-state index is -0.859. The summed E-state index contributed by atoms with van der Waals surface area (Å²) >= 11 is 1.21. The number of hydrogen-bond donors (Lipinski definition) is 2. The zero-order valence-corrected chi connectivity index (χ0v) is 13.2. The van der Waals surface area contributed by atoms with Crippen LogP contribution in [-0.4, -0.2) is 38.8 Å². The van der Waals surface area contributed by atoms with Crippen molar-refractivity contribution in [2.24, 2.45) is 5.92 Å². The van der Waals surface area contributed by atoms with Crippen LogP contribution in [0.1, 0.15) is 38.3 Å². The van der Waals surface area contributed by atoms with Gasteiger partial charge < -0.3 is 15.0 Å². The van der Waals surface area contributed by atoms with Gasteiger partial charge in [0.15, 0.2) is 5.16 Å². The van der Waals surface area contributed by atoms with Gasteiger partial charge in [0.2, 0.25) is 5.91 Å². The third-order valence-electron chi connectivity index (χ3n) is 3.35. The molecular formula is C14H21N3O3S. The second kappa shape index (κ2) is 6.98. The van der Waals surface area contributed by atoms with E-state index in [1.54, 1.807) is 6.20 Å². The van der Waals surface area contributed by atoms with Gasteiger partial charge >= 0.3 is 5.97 Å². The molecule has 2 N–H and O–H groups in total. The Balaban J connectivity index is 1.97. The Labute approximate surface area is 128 Å². The Kier molecular flexibility index (Phi) is 5.27. The van der Waals surface area contributed by atoms with E-state index in [4.69, 9.17) is 5.11 Å². The van der Waals surface area contributed by atoms with Gasteiger partial charge in [-0.3, -0.25) is 9.59 Å². The number of carboxylic acid groups (broad SMARTS) is 1. The molecule has 1 fully saturated rings. The van der Waals surface area contributed by atoms with Crippen molar-refractivity contribution in [3.8, 4) is 0 Å². The molecule has 1 amide bonds. The molecule has 1 aliphatic carbocycles. The fourth-order valence-corrected chi connectivity index (χ4v) is 2.81. The molecule has 21 heavy (non-hydrogen) atoms. The zero-order chi connectivity index (χ0) is 15.4. The largest absolute Gasteiger partial charge is 0.481 e. The number of amides is 1. The number of thioether (sulfide) groups is 1. The first-order valence-electron chi connectivity index (χ1n) is 7.16. The maximum absolute atomic E-state index is 11.6. The number of aliphatic carboxylic acids is 1. The summed E-state index contributed by atoms with van der Waals surface area (Å²) in [4.78, 5) is 26.6. The van der Waals surface area contributed by atoms with E-state index in [1.165, 1.54) is 11.8 Å². The first-order chi connectivity index (χ1) is 9.99. The molecule has 1 aromatic rings. The summed E-state index contributed by atoms with van der Waals surface area (Å²) in [6.07, 6.45) is 3.78. The maximum atomic E-state index is 11.6. The van der Waals surface area contributed by atoms with E-state index in [0.29, 0.717) is 24.2 Å². The van der Waals surface area contributed by atoms with Gasteiger partial charge in [-0.2, -0.15) is 0 Å². The monoisotopic (exact) mass is 311 g/mol. The van der Waals surface area contributed by atoms with Crippen LogP contribution in [0.15, 0.2) is 11.4 Å². The molecule has 0 unspecified atom stereocenters. The Bertz CT molecular complexity index is 524. The number of hydrogen-bond acceptors (Lipinski definition) is 4. The van der Waals surface area contributed by atoms with Crippen LogP contribution < -0.4 is 5.32 Å². The van der Waals surface area contributed by atoms with Crippen LogP contribution in [0, 0.1) is 5.92 Å². The van der Waals surface area contributed by atoms with Crippen molar-refractivity contribution in [2.75, 3.05) is 12.3 Å². The Hall–Kier alpha value is -1.50. The minimum Gasteiger partial charge on any atom is -0.481 e. The molecular weight excluding hydrogens is 290 g/mol. The van der Waals surface area contributed by atoms with Gasteiger partial charge in [0.1, 0.15) is 0 Å². The second-order valence-electron chi connectivity index (χ2n) is 5.52. The van der Waals surface area contributed by atoms with Gasteiger partial charge in [-0.1, -0.05) is 25.6 Å². The molecule has 0 aromatic carbocycles. The summed E-state index contributed by atoms with van der Waals surface area (Å²) in [6, 6.07) is 0. The van der Waals surface area contributed by atoms with Crippen molar-refractivity contribution in [1.29, 1.82) is 0 Å². The molecule has 0 atom stereocenters. The van der Waals surface area contributed by atoms with Crippen LogP contribution >= 0.6 is 11.8 Å². The average molecular weight is 311 g/mol. The third kappa shape index (κ3) is 4.49. The van der Waals surface area contributed by atoms with Crippen LogP contribution in [0.3, 0.4) is 0 Å². The van der Waals surface area contributed by atoms with E-state index in [9.17, 15) is 9.59 Å². The minimum absolute atomic E-state index is 0.0109. The molecule has 2 rings (SSSR count). The lowest BCUT2D eigenvalue weighted by molar-refractivity contribution is -0.134. The van der Waals surface area contributed by atoms with Crippen molar-refractivity contribution in [2.45, 2.75) is 44.3 Å². The molecule has 0 saturated heterocycles. The van der Waals surface area contributed by atoms with Crippen LogP contribution in [0.2, 0.25) is 0 Å². The number of nitrogens with zero attached hydrogens (tertiary/aromatic N) is 2. The van der Waals surface area contributed by atoms with E-state index in [1.807, 2.05) is 4.57 Å². The number of carboxylic acids is 1. The van der Waals surface area contributed by atoms with E-state index in [-0.39, 0.29) is 17.6 Å². The number of carbonyl (C=O) groups excluding carboxylic acids is 1. The van der Waals surface area contributed by atoms with Gasteiger partial charge in [0.25, 0.3) is 0 Å². The first-order valence-corrected chi connectivity index (χ1v) is 8.15. The van der Waals surface area contributed by atoms with Gasteiger partial charge in [-0.15, -0.1) is 0 Å². The smallest absolute Gasteiger partial charge is 0.313 e. The van der Waals surface area contributed by atoms with Crippen molar-refractivity contribution in [3.63, 3.8) is 0 Å². The van der Waals surface area contributed by atoms with Gasteiger partial charge in [0, 0.05) is 30.9 Å². The topological polar surface area (TPSA) is 84.2 Å². The van der Waals surface area contributed by atoms with Gasteiger partial charge in [-0.05, 0) is 18.8 Å². The van der Waals surface area contributed by atoms with Crippen molar-refractivity contribution >= 4 is 23.6 Å². The molecule has 116 valence electrons. The molecule has 1 heterocycles. The lowest BCUT2D eigenvalue weighted by atomic mass is 10.1. The number of aromatic nitrogens is 2. The van der Waals surface area contributed by atoms with Crippen LogP contribution in [-0.2, 0) is 16.1 Å². The predicted molar refractivity (Wildman–Crippen MR) is 80.4 cm³/mol. The number of imidazole rings is 1. The lowest BCUT2D eigenvalue weighted by Crippen LogP contribution is -2.29. The molecule has 0 aliphatic heterocycles. The third-order valence-corrected chi connectivity index (χ3v) is 4.32. The lowest BCUT2D eigenvalue weighted by Gasteiger charge is -2.14. The Morgan fingerprint density at radius 1 is 1.52 bits per heavy atom. The van der Waals surface area contributed by atoms with E-state index >= 15 is 0 Å². The summed E-state index contributed by atoms with van der Waals surface area (Å²) in [7, 11) is 0. The molecule has 0 spiro atoms. The summed E-state index contributed by atoms with van der Waals surface area (Å²) < 4.78 is 2.01. The SMILES string of the molecule is CC(C)c1cnc(SCC(=O)O)n1CCNC(=O)C1CC1. The van der Waals surface area contributed by atoms with Crippen LogP contribution in [0.5, 0.6) is 0 Å². The summed E-state index contributed by atoms with van der Waals surface area (Å²) in [5.41, 5.74) is 1.06. The highest BCUT2D eigenvalue weighted by atomic mass is 32.2. The van der Waals surface area contributed by atoms with Crippen LogP contribution in [0.4, 0.5) is 0 Å². The number of rotatable bonds is 8. The Morgan fingerprint density at radius 3 is 2.81 bits per heavy atom. The highest BCUT2D eigenvalue weighted by molar-refractivity contribution is 7.99. The summed E-state index contributed by atoms with van der Waals surface area (Å²) in [5.74, 6) is -0.235. The molecule has 6 nitrogen and oxygen atoms in total. The highest BCUT2D eigenvalue weighted by Crippen LogP contribution is 2.28. The summed E-state index contributed by atoms with van der Waals surface area (Å²) in [6.45, 7) is 5.31. The van der Waals surface area contributed by atoms with Crippen molar-refractivity contribution < 1.29 is 14.7 Å². The number of nitrogens with one attached hydrogen (secondary N) is 1. The normalized spacial score (nSPS) is 14.4. The predicted octanol–water partition coefficient (Wildman–Crippen LogP) is 1.71. The van der Waals surface area contributed by atoms with E-state index in [2.05, 4.69) is 24.1 Å². The molecule has 1 saturated carbocycles. The van der Waals surface area contributed by atoms with Gasteiger partial charge in [0.05, 0.1) is 5.75 Å². The van der Waals surface area contributed by atoms with E-state index in [0.717, 1.165) is 18.5 Å². The van der Waals surface area contributed by atoms with Crippen molar-refractivity contribution in [3.05, 3.63) is 11.9 Å². The zero-order valence-electron chi connectivity index (χ0n) is 12.3. The molecule has 0 bridgehead atoms. The van der Waals surface area contributed by atoms with Gasteiger partial charge in [-0.25, -0.2) is 4.98 Å². The second-order valence-corrected chi connectivity index (χ2v) is 6.46. The molecule has 1 aliphatic rings. The van der Waals surface area contributed by atoms with Crippen molar-refractivity contribution in [1.82, 2.24) is 14.9 Å². The fourth-order valence-electron chi connectivity index (χ4n) is 2.08. The molecule has 7 heteroatoms. The highest BCUT2D eigenvalue weighted by Gasteiger charge is 2.29. The quantitative estimate of drug-likeness (QED) is 0.714. The van der Waals surface area contributed by atoms with Crippen LogP contribution in [0.25, 0.3) is 0 Å². The Morgan fingerprint density at radius 2 is 2.24 bits per heavy atom. The molecule has 1 aromatic heterocycles. The molecule has 0 radical (unpaired) electrons. The average Bonchev–Trinajstić information content (AvgIpc) is 3.18. The van der Waals surface area contributed by atoms with E-state index < -0.39 is 5.97 Å². The fraction of sp³-hybridized carbons (Fsp3) is 0.643. The number of carbonyl (C=O) groups is 2.